The number of hydrogen-bond donors (Lipinski definition) is 0. The Hall–Kier alpha value is 0.300. The molecule has 0 N–H and O–H groups in total. The Kier molecular flexibility index (Phi) is 3.72. The molecule has 66 valence electrons. The van der Waals surface area contributed by atoms with Gasteiger partial charge in [0, 0.05) is 4.83 Å². The summed E-state index contributed by atoms with van der Waals surface area (Å²) >= 11 is 3.47. The monoisotopic (exact) mass is 227 g/mol. The van der Waals surface area contributed by atoms with E-state index < -0.39 is 6.43 Å². The normalized spacial score (nSPS) is 22.9. The van der Waals surface area contributed by atoms with E-state index in [2.05, 4.69) is 15.9 Å². The van der Waals surface area contributed by atoms with E-state index in [-0.39, 0.29) is 6.54 Å². The molecule has 0 aliphatic carbocycles. The molecule has 1 saturated heterocycles. The molecule has 11 heavy (non-hydrogen) atoms. The van der Waals surface area contributed by atoms with E-state index >= 15 is 0 Å². The van der Waals surface area contributed by atoms with Gasteiger partial charge in [0.25, 0.3) is 6.43 Å². The highest BCUT2D eigenvalue weighted by atomic mass is 79.9. The van der Waals surface area contributed by atoms with Gasteiger partial charge in [-0.3, -0.25) is 4.90 Å². The molecule has 0 atom stereocenters. The lowest BCUT2D eigenvalue weighted by molar-refractivity contribution is 0.0799. The van der Waals surface area contributed by atoms with Gasteiger partial charge in [0.1, 0.15) is 0 Å². The molecule has 1 nitrogen and oxygen atoms in total. The van der Waals surface area contributed by atoms with Crippen molar-refractivity contribution >= 4 is 15.9 Å². The van der Waals surface area contributed by atoms with E-state index in [0.717, 1.165) is 25.9 Å². The van der Waals surface area contributed by atoms with E-state index in [0.29, 0.717) is 4.83 Å². The second-order valence-electron chi connectivity index (χ2n) is 2.87. The van der Waals surface area contributed by atoms with Gasteiger partial charge >= 0.3 is 0 Å². The molecule has 0 unspecified atom stereocenters. The van der Waals surface area contributed by atoms with Crippen molar-refractivity contribution in [2.75, 3.05) is 19.6 Å². The third-order valence-corrected chi connectivity index (χ3v) is 2.83. The first-order chi connectivity index (χ1) is 5.18. The van der Waals surface area contributed by atoms with Crippen molar-refractivity contribution in [2.24, 2.45) is 0 Å². The van der Waals surface area contributed by atoms with Gasteiger partial charge in [0.15, 0.2) is 0 Å². The number of halogens is 3. The van der Waals surface area contributed by atoms with Crippen molar-refractivity contribution in [2.45, 2.75) is 24.1 Å². The van der Waals surface area contributed by atoms with Gasteiger partial charge in [-0.05, 0) is 25.9 Å². The fraction of sp³-hybridized carbons (Fsp3) is 1.00. The molecule has 4 heteroatoms. The molecule has 0 saturated carbocycles. The molecule has 0 aromatic rings. The van der Waals surface area contributed by atoms with E-state index in [1.54, 1.807) is 0 Å². The molecular weight excluding hydrogens is 216 g/mol. The molecule has 1 fully saturated rings. The van der Waals surface area contributed by atoms with Gasteiger partial charge in [0.2, 0.25) is 0 Å². The van der Waals surface area contributed by atoms with Crippen molar-refractivity contribution in [1.82, 2.24) is 4.90 Å². The molecule has 0 aromatic carbocycles. The van der Waals surface area contributed by atoms with Gasteiger partial charge in [-0.1, -0.05) is 15.9 Å². The maximum absolute atomic E-state index is 11.9. The van der Waals surface area contributed by atoms with E-state index in [4.69, 9.17) is 0 Å². The predicted molar refractivity (Wildman–Crippen MR) is 44.4 cm³/mol. The van der Waals surface area contributed by atoms with Gasteiger partial charge < -0.3 is 0 Å². The zero-order valence-corrected chi connectivity index (χ0v) is 7.86. The summed E-state index contributed by atoms with van der Waals surface area (Å²) in [7, 11) is 0. The minimum absolute atomic E-state index is 0.0558. The topological polar surface area (TPSA) is 3.24 Å². The zero-order valence-electron chi connectivity index (χ0n) is 6.27. The molecule has 1 aliphatic heterocycles. The highest BCUT2D eigenvalue weighted by Gasteiger charge is 2.18. The highest BCUT2D eigenvalue weighted by Crippen LogP contribution is 2.17. The Balaban J connectivity index is 2.17. The van der Waals surface area contributed by atoms with Gasteiger partial charge in [0.05, 0.1) is 6.54 Å². The van der Waals surface area contributed by atoms with Crippen molar-refractivity contribution in [3.8, 4) is 0 Å². The van der Waals surface area contributed by atoms with Crippen LogP contribution in [0.3, 0.4) is 0 Å². The van der Waals surface area contributed by atoms with Crippen molar-refractivity contribution < 1.29 is 8.78 Å². The van der Waals surface area contributed by atoms with Crippen molar-refractivity contribution in [1.29, 1.82) is 0 Å². The molecule has 0 amide bonds. The smallest absolute Gasteiger partial charge is 0.251 e. The first-order valence-electron chi connectivity index (χ1n) is 3.83. The van der Waals surface area contributed by atoms with Crippen LogP contribution in [0.15, 0.2) is 0 Å². The number of rotatable bonds is 2. The van der Waals surface area contributed by atoms with Crippen LogP contribution in [0.4, 0.5) is 8.78 Å². The van der Waals surface area contributed by atoms with Crippen LogP contribution in [-0.4, -0.2) is 35.8 Å². The van der Waals surface area contributed by atoms with Crippen LogP contribution in [0.25, 0.3) is 0 Å². The lowest BCUT2D eigenvalue weighted by Gasteiger charge is -2.28. The van der Waals surface area contributed by atoms with Gasteiger partial charge in [-0.2, -0.15) is 0 Å². The number of likely N-dealkylation sites (tertiary alicyclic amines) is 1. The summed E-state index contributed by atoms with van der Waals surface area (Å²) in [5.41, 5.74) is 0. The summed E-state index contributed by atoms with van der Waals surface area (Å²) in [4.78, 5) is 2.36. The standard InChI is InChI=1S/C7H12BrF2N/c8-6-1-3-11(4-2-6)5-7(9)10/h6-7H,1-5H2. The summed E-state index contributed by atoms with van der Waals surface area (Å²) in [6.45, 7) is 1.56. The third-order valence-electron chi connectivity index (χ3n) is 1.91. The lowest BCUT2D eigenvalue weighted by atomic mass is 10.1. The zero-order chi connectivity index (χ0) is 8.27. The molecule has 0 aromatic heterocycles. The fourth-order valence-corrected chi connectivity index (χ4v) is 1.69. The van der Waals surface area contributed by atoms with Crippen LogP contribution in [0.5, 0.6) is 0 Å². The maximum Gasteiger partial charge on any atom is 0.251 e. The van der Waals surface area contributed by atoms with E-state index in [1.807, 2.05) is 4.90 Å². The third kappa shape index (κ3) is 3.47. The Morgan fingerprint density at radius 2 is 1.91 bits per heavy atom. The predicted octanol–water partition coefficient (Wildman–Crippen LogP) is 2.11. The molecule has 0 radical (unpaired) electrons. The van der Waals surface area contributed by atoms with Crippen LogP contribution < -0.4 is 0 Å². The molecular formula is C7H12BrF2N. The summed E-state index contributed by atoms with van der Waals surface area (Å²) in [5.74, 6) is 0. The van der Waals surface area contributed by atoms with E-state index in [1.165, 1.54) is 0 Å². The minimum atomic E-state index is -2.18. The second-order valence-corrected chi connectivity index (χ2v) is 4.16. The van der Waals surface area contributed by atoms with Crippen LogP contribution in [0.2, 0.25) is 0 Å². The number of nitrogens with zero attached hydrogens (tertiary/aromatic N) is 1. The number of alkyl halides is 3. The van der Waals surface area contributed by atoms with Crippen LogP contribution >= 0.6 is 15.9 Å². The van der Waals surface area contributed by atoms with Gasteiger partial charge in [-0.25, -0.2) is 8.78 Å². The molecule has 0 bridgehead atoms. The Labute approximate surface area is 73.9 Å². The van der Waals surface area contributed by atoms with Crippen LogP contribution in [0.1, 0.15) is 12.8 Å². The largest absolute Gasteiger partial charge is 0.298 e. The van der Waals surface area contributed by atoms with E-state index in [9.17, 15) is 8.78 Å². The first kappa shape index (κ1) is 9.39. The second kappa shape index (κ2) is 4.36. The van der Waals surface area contributed by atoms with Crippen LogP contribution in [-0.2, 0) is 0 Å². The first-order valence-corrected chi connectivity index (χ1v) is 4.74. The number of hydrogen-bond acceptors (Lipinski definition) is 1. The summed E-state index contributed by atoms with van der Waals surface area (Å²) in [6.07, 6.45) is -0.193. The van der Waals surface area contributed by atoms with Gasteiger partial charge in [-0.15, -0.1) is 0 Å². The Bertz CT molecular complexity index is 113. The fourth-order valence-electron chi connectivity index (χ4n) is 1.28. The highest BCUT2D eigenvalue weighted by molar-refractivity contribution is 9.09. The lowest BCUT2D eigenvalue weighted by Crippen LogP contribution is -2.36. The maximum atomic E-state index is 11.9. The Morgan fingerprint density at radius 3 is 2.36 bits per heavy atom. The summed E-state index contributed by atoms with van der Waals surface area (Å²) < 4.78 is 23.7. The molecule has 1 rings (SSSR count). The molecule has 0 spiro atoms. The average molecular weight is 228 g/mol. The SMILES string of the molecule is FC(F)CN1CCC(Br)CC1. The van der Waals surface area contributed by atoms with Crippen LogP contribution in [0, 0.1) is 0 Å². The van der Waals surface area contributed by atoms with Crippen molar-refractivity contribution in [3.63, 3.8) is 0 Å². The summed E-state index contributed by atoms with van der Waals surface area (Å²) in [5, 5.41) is 0. The Morgan fingerprint density at radius 1 is 1.36 bits per heavy atom. The molecule has 1 aliphatic rings. The molecule has 1 heterocycles. The van der Waals surface area contributed by atoms with Crippen molar-refractivity contribution in [3.05, 3.63) is 0 Å². The average Bonchev–Trinajstić information content (AvgIpc) is 1.93. The summed E-state index contributed by atoms with van der Waals surface area (Å²) in [6, 6.07) is 0. The quantitative estimate of drug-likeness (QED) is 0.654. The number of piperidine rings is 1. The minimum Gasteiger partial charge on any atom is -0.298 e.